The van der Waals surface area contributed by atoms with Gasteiger partial charge in [-0.15, -0.1) is 0 Å². The van der Waals surface area contributed by atoms with Crippen LogP contribution < -0.4 is 19.1 Å². The third-order valence-electron chi connectivity index (χ3n) is 8.22. The highest BCUT2D eigenvalue weighted by Gasteiger charge is 2.32. The molecule has 1 atom stereocenters. The van der Waals surface area contributed by atoms with Crippen LogP contribution >= 0.6 is 0 Å². The molecule has 2 aliphatic heterocycles. The number of amides is 2. The first kappa shape index (κ1) is 29.4. The summed E-state index contributed by atoms with van der Waals surface area (Å²) >= 11 is 0. The molecule has 2 amide bonds. The molecule has 5 rings (SSSR count). The molecule has 2 heterocycles. The second-order valence-corrected chi connectivity index (χ2v) is 10.8. The Balaban J connectivity index is 1.40. The molecule has 2 aliphatic rings. The van der Waals surface area contributed by atoms with Crippen molar-refractivity contribution in [3.63, 3.8) is 0 Å². The van der Waals surface area contributed by atoms with Crippen molar-refractivity contribution in [2.75, 3.05) is 72.2 Å². The molecule has 0 aromatic heterocycles. The number of anilines is 1. The summed E-state index contributed by atoms with van der Waals surface area (Å²) in [6.07, 6.45) is 0. The number of nitrogens with zero attached hydrogens (tertiary/aromatic N) is 3. The fourth-order valence-electron chi connectivity index (χ4n) is 5.44. The van der Waals surface area contributed by atoms with E-state index in [-0.39, 0.29) is 31.0 Å². The van der Waals surface area contributed by atoms with Gasteiger partial charge in [-0.3, -0.25) is 19.4 Å². The van der Waals surface area contributed by atoms with Crippen molar-refractivity contribution < 1.29 is 28.5 Å². The zero-order chi connectivity index (χ0) is 29.8. The van der Waals surface area contributed by atoms with Gasteiger partial charge < -0.3 is 23.8 Å². The highest BCUT2D eigenvalue weighted by molar-refractivity contribution is 6.02. The van der Waals surface area contributed by atoms with Gasteiger partial charge in [0.25, 0.3) is 5.91 Å². The van der Waals surface area contributed by atoms with Crippen molar-refractivity contribution in [2.24, 2.45) is 0 Å². The van der Waals surface area contributed by atoms with Crippen LogP contribution in [-0.4, -0.2) is 88.9 Å². The Morgan fingerprint density at radius 1 is 0.929 bits per heavy atom. The predicted octanol–water partition coefficient (Wildman–Crippen LogP) is 4.24. The molecule has 3 aromatic carbocycles. The lowest BCUT2D eigenvalue weighted by molar-refractivity contribution is -0.133. The molecular formula is C33H39N3O6. The molecule has 1 unspecified atom stereocenters. The number of ether oxygens (including phenoxy) is 4. The van der Waals surface area contributed by atoms with Crippen LogP contribution in [0.1, 0.15) is 22.7 Å². The lowest BCUT2D eigenvalue weighted by Crippen LogP contribution is -2.48. The first-order chi connectivity index (χ1) is 20.3. The summed E-state index contributed by atoms with van der Waals surface area (Å²) in [4.78, 5) is 32.4. The summed E-state index contributed by atoms with van der Waals surface area (Å²) in [7, 11) is 5.06. The van der Waals surface area contributed by atoms with Crippen molar-refractivity contribution in [1.82, 2.24) is 9.80 Å². The van der Waals surface area contributed by atoms with Crippen molar-refractivity contribution >= 4 is 17.5 Å². The number of carbonyl (C=O) groups excluding carboxylic acids is 2. The van der Waals surface area contributed by atoms with Crippen molar-refractivity contribution in [3.05, 3.63) is 71.3 Å². The molecule has 42 heavy (non-hydrogen) atoms. The number of rotatable bonds is 9. The van der Waals surface area contributed by atoms with Gasteiger partial charge in [0.2, 0.25) is 5.91 Å². The van der Waals surface area contributed by atoms with E-state index >= 15 is 0 Å². The summed E-state index contributed by atoms with van der Waals surface area (Å²) in [6, 6.07) is 17.8. The van der Waals surface area contributed by atoms with Crippen molar-refractivity contribution in [2.45, 2.75) is 19.9 Å². The topological polar surface area (TPSA) is 80.8 Å². The van der Waals surface area contributed by atoms with E-state index in [1.54, 1.807) is 24.0 Å². The highest BCUT2D eigenvalue weighted by Crippen LogP contribution is 2.36. The van der Waals surface area contributed by atoms with Crippen LogP contribution in [0, 0.1) is 13.8 Å². The van der Waals surface area contributed by atoms with Crippen LogP contribution in [0.25, 0.3) is 11.1 Å². The SMILES string of the molecule is COc1ccc(-c2ccc(C(CN3CCOCC3)N(C)C(=O)CN3C(=O)COc4cc(C)c(C)cc43)cc2)cc1OC. The van der Waals surface area contributed by atoms with Gasteiger partial charge in [-0.2, -0.15) is 0 Å². The van der Waals surface area contributed by atoms with Gasteiger partial charge in [0.1, 0.15) is 12.3 Å². The monoisotopic (exact) mass is 573 g/mol. The molecule has 222 valence electrons. The molecule has 1 fully saturated rings. The van der Waals surface area contributed by atoms with Crippen LogP contribution in [0.4, 0.5) is 5.69 Å². The average Bonchev–Trinajstić information content (AvgIpc) is 3.02. The van der Waals surface area contributed by atoms with Crippen molar-refractivity contribution in [3.8, 4) is 28.4 Å². The Morgan fingerprint density at radius 2 is 1.60 bits per heavy atom. The lowest BCUT2D eigenvalue weighted by Gasteiger charge is -2.37. The number of aryl methyl sites for hydroxylation is 2. The van der Waals surface area contributed by atoms with E-state index in [4.69, 9.17) is 18.9 Å². The number of methoxy groups -OCH3 is 2. The van der Waals surface area contributed by atoms with E-state index < -0.39 is 0 Å². The van der Waals surface area contributed by atoms with Gasteiger partial charge in [-0.1, -0.05) is 30.3 Å². The first-order valence-electron chi connectivity index (χ1n) is 14.2. The maximum absolute atomic E-state index is 13.8. The molecule has 9 heteroatoms. The lowest BCUT2D eigenvalue weighted by atomic mass is 9.99. The smallest absolute Gasteiger partial charge is 0.265 e. The Hall–Kier alpha value is -4.08. The standard InChI is InChI=1S/C33H39N3O6/c1-22-16-27-30(17-23(22)2)42-21-33(38)36(27)20-32(37)34(3)28(19-35-12-14-41-15-13-35)25-8-6-24(7-9-25)26-10-11-29(39-4)31(18-26)40-5/h6-11,16-18,28H,12-15,19-21H2,1-5H3. The zero-order valence-corrected chi connectivity index (χ0v) is 25.0. The number of hydrogen-bond acceptors (Lipinski definition) is 7. The molecule has 9 nitrogen and oxygen atoms in total. The van der Waals surface area contributed by atoms with Crippen LogP contribution in [0.5, 0.6) is 17.2 Å². The minimum absolute atomic E-state index is 0.0580. The fourth-order valence-corrected chi connectivity index (χ4v) is 5.44. The van der Waals surface area contributed by atoms with Crippen LogP contribution in [-0.2, 0) is 14.3 Å². The fraction of sp³-hybridized carbons (Fsp3) is 0.394. The van der Waals surface area contributed by atoms with Gasteiger partial charge in [-0.25, -0.2) is 0 Å². The summed E-state index contributed by atoms with van der Waals surface area (Å²) in [6.45, 7) is 7.45. The summed E-state index contributed by atoms with van der Waals surface area (Å²) in [5.41, 5.74) is 5.80. The Labute approximate surface area is 247 Å². The van der Waals surface area contributed by atoms with Gasteiger partial charge in [0.05, 0.1) is 39.2 Å². The second-order valence-electron chi connectivity index (χ2n) is 10.8. The minimum atomic E-state index is -0.225. The number of likely N-dealkylation sites (N-methyl/N-ethyl adjacent to an activating group) is 1. The first-order valence-corrected chi connectivity index (χ1v) is 14.2. The summed E-state index contributed by atoms with van der Waals surface area (Å²) < 4.78 is 22.1. The molecule has 0 saturated carbocycles. The van der Waals surface area contributed by atoms with E-state index in [1.807, 2.05) is 51.2 Å². The Kier molecular flexibility index (Phi) is 8.99. The third kappa shape index (κ3) is 6.22. The van der Waals surface area contributed by atoms with Gasteiger partial charge >= 0.3 is 0 Å². The normalized spacial score (nSPS) is 15.9. The van der Waals surface area contributed by atoms with E-state index in [2.05, 4.69) is 29.2 Å². The average molecular weight is 574 g/mol. The minimum Gasteiger partial charge on any atom is -0.493 e. The van der Waals surface area contributed by atoms with E-state index in [1.165, 1.54) is 0 Å². The van der Waals surface area contributed by atoms with E-state index in [9.17, 15) is 9.59 Å². The van der Waals surface area contributed by atoms with Crippen molar-refractivity contribution in [1.29, 1.82) is 0 Å². The highest BCUT2D eigenvalue weighted by atomic mass is 16.5. The molecular weight excluding hydrogens is 534 g/mol. The predicted molar refractivity (Wildman–Crippen MR) is 162 cm³/mol. The molecule has 0 spiro atoms. The van der Waals surface area contributed by atoms with Crippen LogP contribution in [0.2, 0.25) is 0 Å². The molecule has 0 bridgehead atoms. The summed E-state index contributed by atoms with van der Waals surface area (Å²) in [5, 5.41) is 0. The maximum Gasteiger partial charge on any atom is 0.265 e. The van der Waals surface area contributed by atoms with Gasteiger partial charge in [0, 0.05) is 26.7 Å². The second kappa shape index (κ2) is 12.8. The zero-order valence-electron chi connectivity index (χ0n) is 25.0. The number of hydrogen-bond donors (Lipinski definition) is 0. The van der Waals surface area contributed by atoms with E-state index in [0.717, 1.165) is 40.9 Å². The molecule has 1 saturated heterocycles. The van der Waals surface area contributed by atoms with Gasteiger partial charge in [-0.05, 0) is 65.9 Å². The van der Waals surface area contributed by atoms with Crippen LogP contribution in [0.15, 0.2) is 54.6 Å². The van der Waals surface area contributed by atoms with Gasteiger partial charge in [0.15, 0.2) is 18.1 Å². The Morgan fingerprint density at radius 3 is 2.29 bits per heavy atom. The van der Waals surface area contributed by atoms with E-state index in [0.29, 0.717) is 42.7 Å². The van der Waals surface area contributed by atoms with Crippen LogP contribution in [0.3, 0.4) is 0 Å². The quantitative estimate of drug-likeness (QED) is 0.379. The molecule has 0 radical (unpaired) electrons. The largest absolute Gasteiger partial charge is 0.493 e. The molecule has 0 N–H and O–H groups in total. The number of fused-ring (bicyclic) bond motifs is 1. The number of carbonyl (C=O) groups is 2. The number of benzene rings is 3. The Bertz CT molecular complexity index is 1430. The number of morpholine rings is 1. The molecule has 3 aromatic rings. The maximum atomic E-state index is 13.8. The third-order valence-corrected chi connectivity index (χ3v) is 8.22. The molecule has 0 aliphatic carbocycles. The summed E-state index contributed by atoms with van der Waals surface area (Å²) in [5.74, 6) is 1.60.